The molecule has 5 rings (SSSR count). The first-order chi connectivity index (χ1) is 18.3. The highest BCUT2D eigenvalue weighted by Gasteiger charge is 2.35. The molecule has 1 unspecified atom stereocenters. The number of likely N-dealkylation sites (tertiary alicyclic amines) is 1. The Hall–Kier alpha value is -3.51. The number of pyridine rings is 1. The summed E-state index contributed by atoms with van der Waals surface area (Å²) in [6.07, 6.45) is 3.20. The number of halogens is 1. The lowest BCUT2D eigenvalue weighted by molar-refractivity contribution is 0.361. The molecule has 0 amide bonds. The van der Waals surface area contributed by atoms with Crippen molar-refractivity contribution in [2.75, 3.05) is 13.1 Å². The van der Waals surface area contributed by atoms with E-state index in [1.807, 2.05) is 6.92 Å². The van der Waals surface area contributed by atoms with E-state index in [1.165, 1.54) is 17.3 Å². The summed E-state index contributed by atoms with van der Waals surface area (Å²) < 4.78 is 13.7. The van der Waals surface area contributed by atoms with Crippen LogP contribution in [0.25, 0.3) is 0 Å². The third-order valence-corrected chi connectivity index (χ3v) is 8.69. The van der Waals surface area contributed by atoms with E-state index in [2.05, 4.69) is 90.5 Å². The molecule has 38 heavy (non-hydrogen) atoms. The van der Waals surface area contributed by atoms with Crippen LogP contribution in [0.3, 0.4) is 0 Å². The van der Waals surface area contributed by atoms with E-state index >= 15 is 0 Å². The number of aryl methyl sites for hydroxylation is 2. The molecule has 6 heteroatoms. The molecule has 0 bridgehead atoms. The number of benzene rings is 1. The first-order valence-corrected chi connectivity index (χ1v) is 14.1. The summed E-state index contributed by atoms with van der Waals surface area (Å²) in [5.74, 6) is 0.897. The second-order valence-corrected chi connectivity index (χ2v) is 11.2. The van der Waals surface area contributed by atoms with Gasteiger partial charge in [0, 0.05) is 43.1 Å². The Bertz CT molecular complexity index is 1440. The zero-order chi connectivity index (χ0) is 27.0. The van der Waals surface area contributed by atoms with Crippen LogP contribution in [-0.2, 0) is 0 Å². The van der Waals surface area contributed by atoms with Crippen LogP contribution < -0.4 is 0 Å². The third kappa shape index (κ3) is 4.85. The summed E-state index contributed by atoms with van der Waals surface area (Å²) in [6.45, 7) is 19.1. The van der Waals surface area contributed by atoms with Crippen molar-refractivity contribution in [2.24, 2.45) is 4.99 Å². The predicted octanol–water partition coefficient (Wildman–Crippen LogP) is 8.15. The number of hydrogen-bond acceptors (Lipinski definition) is 5. The molecule has 2 atom stereocenters. The fraction of sp³-hybridized carbons (Fsp3) is 0.312. The maximum Gasteiger partial charge on any atom is 0.151 e. The maximum atomic E-state index is 13.7. The maximum absolute atomic E-state index is 13.7. The lowest BCUT2D eigenvalue weighted by Crippen LogP contribution is -2.38. The first-order valence-electron chi connectivity index (χ1n) is 13.2. The van der Waals surface area contributed by atoms with Gasteiger partial charge in [0.2, 0.25) is 0 Å². The van der Waals surface area contributed by atoms with E-state index < -0.39 is 0 Å². The summed E-state index contributed by atoms with van der Waals surface area (Å²) in [6, 6.07) is 14.6. The molecule has 1 saturated heterocycles. The van der Waals surface area contributed by atoms with Crippen LogP contribution in [0.4, 0.5) is 4.39 Å². The Morgan fingerprint density at radius 2 is 1.97 bits per heavy atom. The van der Waals surface area contributed by atoms with E-state index in [1.54, 1.807) is 17.4 Å². The minimum absolute atomic E-state index is 0. The van der Waals surface area contributed by atoms with Gasteiger partial charge in [0.1, 0.15) is 5.82 Å². The Kier molecular flexibility index (Phi) is 7.35. The Morgan fingerprint density at radius 1 is 1.21 bits per heavy atom. The minimum atomic E-state index is -0.289. The van der Waals surface area contributed by atoms with Gasteiger partial charge in [-0.15, -0.1) is 11.3 Å². The van der Waals surface area contributed by atoms with Gasteiger partial charge in [0.25, 0.3) is 0 Å². The summed E-state index contributed by atoms with van der Waals surface area (Å²) in [5.41, 5.74) is 8.16. The van der Waals surface area contributed by atoms with Crippen molar-refractivity contribution in [1.29, 1.82) is 0 Å². The van der Waals surface area contributed by atoms with E-state index in [9.17, 15) is 4.39 Å². The van der Waals surface area contributed by atoms with Gasteiger partial charge in [-0.25, -0.2) is 9.38 Å². The van der Waals surface area contributed by atoms with Crippen LogP contribution in [0.2, 0.25) is 0 Å². The molecule has 0 radical (unpaired) electrons. The van der Waals surface area contributed by atoms with Crippen LogP contribution >= 0.6 is 11.3 Å². The fourth-order valence-electron chi connectivity index (χ4n) is 5.81. The number of aromatic nitrogens is 1. The Balaban J connectivity index is 0.00000353. The SMILES string of the molecule is C=C1N=C(c2cc(C)cs2)N([C@@H](CC)c2ccccc2)C(C)=C1C(=C)N1CCC(c2ncc(F)cc2C)C1.[HH]. The zero-order valence-electron chi connectivity index (χ0n) is 22.7. The molecule has 0 spiro atoms. The van der Waals surface area contributed by atoms with Crippen molar-refractivity contribution in [3.8, 4) is 0 Å². The molecule has 2 aromatic heterocycles. The van der Waals surface area contributed by atoms with Gasteiger partial charge in [-0.3, -0.25) is 4.98 Å². The molecule has 198 valence electrons. The molecule has 4 nitrogen and oxygen atoms in total. The molecule has 4 heterocycles. The number of amidine groups is 1. The van der Waals surface area contributed by atoms with Crippen molar-refractivity contribution in [1.82, 2.24) is 14.8 Å². The highest BCUT2D eigenvalue weighted by molar-refractivity contribution is 7.12. The molecule has 1 fully saturated rings. The topological polar surface area (TPSA) is 31.7 Å². The normalized spacial score (nSPS) is 18.7. The number of rotatable bonds is 7. The monoisotopic (exact) mass is 528 g/mol. The van der Waals surface area contributed by atoms with E-state index in [0.29, 0.717) is 0 Å². The molecule has 3 aromatic rings. The van der Waals surface area contributed by atoms with Crippen molar-refractivity contribution in [3.63, 3.8) is 0 Å². The average Bonchev–Trinajstić information content (AvgIpc) is 3.56. The summed E-state index contributed by atoms with van der Waals surface area (Å²) in [5, 5.41) is 2.17. The summed E-state index contributed by atoms with van der Waals surface area (Å²) in [7, 11) is 0. The molecular formula is C32H37FN4S. The highest BCUT2D eigenvalue weighted by Crippen LogP contribution is 2.41. The van der Waals surface area contributed by atoms with Gasteiger partial charge >= 0.3 is 0 Å². The number of hydrogen-bond donors (Lipinski definition) is 0. The first kappa shape index (κ1) is 26.1. The predicted molar refractivity (Wildman–Crippen MR) is 158 cm³/mol. The van der Waals surface area contributed by atoms with Crippen LogP contribution in [0.15, 0.2) is 94.9 Å². The van der Waals surface area contributed by atoms with Gasteiger partial charge < -0.3 is 9.80 Å². The van der Waals surface area contributed by atoms with Gasteiger partial charge in [-0.1, -0.05) is 50.4 Å². The molecule has 1 aromatic carbocycles. The number of allylic oxidation sites excluding steroid dienone is 1. The molecule has 2 aliphatic heterocycles. The van der Waals surface area contributed by atoms with Crippen LogP contribution in [0.1, 0.15) is 67.3 Å². The zero-order valence-corrected chi connectivity index (χ0v) is 23.5. The second-order valence-electron chi connectivity index (χ2n) is 10.3. The van der Waals surface area contributed by atoms with Crippen LogP contribution in [0.5, 0.6) is 0 Å². The van der Waals surface area contributed by atoms with Crippen LogP contribution in [-0.4, -0.2) is 33.7 Å². The lowest BCUT2D eigenvalue weighted by Gasteiger charge is -2.40. The van der Waals surface area contributed by atoms with Gasteiger partial charge in [-0.05, 0) is 67.8 Å². The van der Waals surface area contributed by atoms with E-state index in [0.717, 1.165) is 70.6 Å². The van der Waals surface area contributed by atoms with Gasteiger partial charge in [0.15, 0.2) is 5.84 Å². The van der Waals surface area contributed by atoms with Crippen LogP contribution in [0, 0.1) is 19.7 Å². The molecule has 0 saturated carbocycles. The van der Waals surface area contributed by atoms with Crippen molar-refractivity contribution in [2.45, 2.75) is 52.5 Å². The molecular weight excluding hydrogens is 491 g/mol. The second kappa shape index (κ2) is 10.7. The summed E-state index contributed by atoms with van der Waals surface area (Å²) in [4.78, 5) is 15.4. The lowest BCUT2D eigenvalue weighted by atomic mass is 9.97. The van der Waals surface area contributed by atoms with Crippen molar-refractivity contribution < 1.29 is 5.82 Å². The van der Waals surface area contributed by atoms with Gasteiger partial charge in [0.05, 0.1) is 22.8 Å². The standard InChI is InChI=1S/C32H35FN4S.H2/c1-7-28(25-11-9-8-10-12-25)37-24(6)30(22(4)35-32(37)29-15-20(2)19-38-29)23(5)36-14-13-26(18-36)31-21(3)16-27(33)17-34-31;/h8-12,15-17,19,26,28H,4-5,7,13-14,18H2,1-3,6H3;1H/t26?,28-;/m0./s1. The van der Waals surface area contributed by atoms with E-state index in [4.69, 9.17) is 4.99 Å². The molecule has 0 aliphatic carbocycles. The van der Waals surface area contributed by atoms with Crippen molar-refractivity contribution in [3.05, 3.63) is 123 Å². The number of aliphatic imine (C=N–C) groups is 1. The largest absolute Gasteiger partial charge is 0.371 e. The Morgan fingerprint density at radius 3 is 2.63 bits per heavy atom. The minimum Gasteiger partial charge on any atom is -0.371 e. The average molecular weight is 529 g/mol. The number of thiophene rings is 1. The fourth-order valence-corrected chi connectivity index (χ4v) is 6.70. The summed E-state index contributed by atoms with van der Waals surface area (Å²) >= 11 is 1.72. The van der Waals surface area contributed by atoms with Gasteiger partial charge in [-0.2, -0.15) is 0 Å². The van der Waals surface area contributed by atoms with Crippen molar-refractivity contribution >= 4 is 17.2 Å². The Labute approximate surface area is 231 Å². The third-order valence-electron chi connectivity index (χ3n) is 7.65. The number of nitrogens with zero attached hydrogens (tertiary/aromatic N) is 4. The smallest absolute Gasteiger partial charge is 0.151 e. The quantitative estimate of drug-likeness (QED) is 0.310. The van der Waals surface area contributed by atoms with E-state index in [-0.39, 0.29) is 19.2 Å². The molecule has 2 aliphatic rings. The molecule has 0 N–H and O–H groups in total. The highest BCUT2D eigenvalue weighted by atomic mass is 32.1.